The van der Waals surface area contributed by atoms with E-state index in [1.807, 2.05) is 62.4 Å². The predicted octanol–water partition coefficient (Wildman–Crippen LogP) is 4.94. The van der Waals surface area contributed by atoms with Gasteiger partial charge in [0, 0.05) is 11.3 Å². The Morgan fingerprint density at radius 2 is 1.69 bits per heavy atom. The first-order valence-corrected chi connectivity index (χ1v) is 9.18. The van der Waals surface area contributed by atoms with Gasteiger partial charge in [-0.3, -0.25) is 4.79 Å². The number of nitrogens with one attached hydrogen (secondary N) is 1. The minimum Gasteiger partial charge on any atom is -0.319 e. The van der Waals surface area contributed by atoms with Crippen LogP contribution < -0.4 is 5.32 Å². The van der Waals surface area contributed by atoms with E-state index in [2.05, 4.69) is 15.4 Å². The van der Waals surface area contributed by atoms with E-state index in [0.29, 0.717) is 11.4 Å². The third-order valence-electron chi connectivity index (χ3n) is 4.55. The molecule has 0 spiro atoms. The van der Waals surface area contributed by atoms with Crippen LogP contribution in [-0.4, -0.2) is 20.7 Å². The second-order valence-corrected chi connectivity index (χ2v) is 6.79. The van der Waals surface area contributed by atoms with Crippen molar-refractivity contribution >= 4 is 11.6 Å². The van der Waals surface area contributed by atoms with Crippen molar-refractivity contribution in [2.45, 2.75) is 13.8 Å². The maximum absolute atomic E-state index is 13.4. The number of amides is 1. The molecule has 0 bridgehead atoms. The Bertz CT molecular complexity index is 1170. The Morgan fingerprint density at radius 1 is 0.966 bits per heavy atom. The summed E-state index contributed by atoms with van der Waals surface area (Å²) in [6.07, 6.45) is 0. The van der Waals surface area contributed by atoms with Crippen molar-refractivity contribution in [3.8, 4) is 17.1 Å². The number of aryl methyl sites for hydroxylation is 2. The lowest BCUT2D eigenvalue weighted by Crippen LogP contribution is -2.15. The van der Waals surface area contributed by atoms with Gasteiger partial charge in [0.2, 0.25) is 5.82 Å². The van der Waals surface area contributed by atoms with E-state index in [1.54, 1.807) is 16.8 Å². The Morgan fingerprint density at radius 3 is 2.41 bits per heavy atom. The summed E-state index contributed by atoms with van der Waals surface area (Å²) in [5, 5.41) is 7.31. The standard InChI is InChI=1S/C23H19FN4O/c1-15-8-9-16(2)20(14-15)25-23(29)21-26-22(17-10-12-18(24)13-11-17)28(27-21)19-6-4-3-5-7-19/h3-14H,1-2H3,(H,25,29). The minimum absolute atomic E-state index is 0.0362. The summed E-state index contributed by atoms with van der Waals surface area (Å²) >= 11 is 0. The number of hydrogen-bond acceptors (Lipinski definition) is 3. The molecule has 0 atom stereocenters. The molecule has 0 radical (unpaired) electrons. The molecule has 1 heterocycles. The van der Waals surface area contributed by atoms with Gasteiger partial charge in [0.05, 0.1) is 5.69 Å². The van der Waals surface area contributed by atoms with Crippen LogP contribution in [0.2, 0.25) is 0 Å². The summed E-state index contributed by atoms with van der Waals surface area (Å²) in [5.74, 6) is -0.249. The fraction of sp³-hybridized carbons (Fsp3) is 0.0870. The second-order valence-electron chi connectivity index (χ2n) is 6.79. The summed E-state index contributed by atoms with van der Waals surface area (Å²) in [6.45, 7) is 3.89. The zero-order valence-corrected chi connectivity index (χ0v) is 16.1. The van der Waals surface area contributed by atoms with E-state index in [0.717, 1.165) is 22.5 Å². The molecule has 0 saturated heterocycles. The molecule has 0 saturated carbocycles. The van der Waals surface area contributed by atoms with Gasteiger partial charge in [0.1, 0.15) is 5.82 Å². The molecule has 4 rings (SSSR count). The van der Waals surface area contributed by atoms with E-state index >= 15 is 0 Å². The fourth-order valence-electron chi connectivity index (χ4n) is 2.99. The number of halogens is 1. The van der Waals surface area contributed by atoms with Gasteiger partial charge in [0.25, 0.3) is 5.91 Å². The van der Waals surface area contributed by atoms with Crippen LogP contribution in [0.4, 0.5) is 10.1 Å². The van der Waals surface area contributed by atoms with Gasteiger partial charge in [-0.15, -0.1) is 5.10 Å². The number of anilines is 1. The van der Waals surface area contributed by atoms with Crippen LogP contribution in [-0.2, 0) is 0 Å². The van der Waals surface area contributed by atoms with Gasteiger partial charge >= 0.3 is 0 Å². The summed E-state index contributed by atoms with van der Waals surface area (Å²) < 4.78 is 15.0. The number of para-hydroxylation sites is 1. The number of rotatable bonds is 4. The Kier molecular flexibility index (Phi) is 4.91. The van der Waals surface area contributed by atoms with Gasteiger partial charge in [-0.1, -0.05) is 30.3 Å². The SMILES string of the molecule is Cc1ccc(C)c(NC(=O)c2nc(-c3ccc(F)cc3)n(-c3ccccc3)n2)c1. The molecule has 1 aromatic heterocycles. The number of carbonyl (C=O) groups is 1. The zero-order chi connectivity index (χ0) is 20.4. The molecule has 1 amide bonds. The van der Waals surface area contributed by atoms with Gasteiger partial charge in [-0.2, -0.15) is 0 Å². The highest BCUT2D eigenvalue weighted by molar-refractivity contribution is 6.02. The van der Waals surface area contributed by atoms with Gasteiger partial charge < -0.3 is 5.32 Å². The smallest absolute Gasteiger partial charge is 0.295 e. The van der Waals surface area contributed by atoms with Crippen molar-refractivity contribution < 1.29 is 9.18 Å². The molecule has 1 N–H and O–H groups in total. The Hall–Kier alpha value is -3.80. The first-order chi connectivity index (χ1) is 14.0. The van der Waals surface area contributed by atoms with Crippen LogP contribution in [0.15, 0.2) is 72.8 Å². The maximum Gasteiger partial charge on any atom is 0.295 e. The molecule has 0 aliphatic rings. The summed E-state index contributed by atoms with van der Waals surface area (Å²) in [7, 11) is 0. The average molecular weight is 386 g/mol. The third-order valence-corrected chi connectivity index (χ3v) is 4.55. The van der Waals surface area contributed by atoms with Crippen molar-refractivity contribution in [2.75, 3.05) is 5.32 Å². The molecule has 0 aliphatic heterocycles. The molecule has 3 aromatic carbocycles. The van der Waals surface area contributed by atoms with Crippen LogP contribution in [0.5, 0.6) is 0 Å². The summed E-state index contributed by atoms with van der Waals surface area (Å²) in [4.78, 5) is 17.3. The third kappa shape index (κ3) is 3.91. The molecule has 0 fully saturated rings. The Balaban J connectivity index is 1.75. The van der Waals surface area contributed by atoms with Gasteiger partial charge in [0.15, 0.2) is 5.82 Å². The number of hydrogen-bond donors (Lipinski definition) is 1. The molecule has 29 heavy (non-hydrogen) atoms. The lowest BCUT2D eigenvalue weighted by atomic mass is 10.1. The predicted molar refractivity (Wildman–Crippen MR) is 111 cm³/mol. The van der Waals surface area contributed by atoms with Crippen LogP contribution in [0.3, 0.4) is 0 Å². The van der Waals surface area contributed by atoms with Crippen LogP contribution in [0, 0.1) is 19.7 Å². The average Bonchev–Trinajstić information content (AvgIpc) is 3.17. The van der Waals surface area contributed by atoms with Gasteiger partial charge in [-0.05, 0) is 67.4 Å². The molecule has 144 valence electrons. The summed E-state index contributed by atoms with van der Waals surface area (Å²) in [6, 6.07) is 21.2. The van der Waals surface area contributed by atoms with Crippen molar-refractivity contribution in [2.24, 2.45) is 0 Å². The summed E-state index contributed by atoms with van der Waals surface area (Å²) in [5.41, 5.74) is 4.12. The normalized spacial score (nSPS) is 10.7. The van der Waals surface area contributed by atoms with E-state index in [1.165, 1.54) is 12.1 Å². The van der Waals surface area contributed by atoms with Crippen molar-refractivity contribution in [1.29, 1.82) is 0 Å². The lowest BCUT2D eigenvalue weighted by molar-refractivity contribution is 0.101. The number of nitrogens with zero attached hydrogens (tertiary/aromatic N) is 3. The van der Waals surface area contributed by atoms with Crippen molar-refractivity contribution in [1.82, 2.24) is 14.8 Å². The largest absolute Gasteiger partial charge is 0.319 e. The number of aromatic nitrogens is 3. The first kappa shape index (κ1) is 18.6. The maximum atomic E-state index is 13.4. The quantitative estimate of drug-likeness (QED) is 0.540. The zero-order valence-electron chi connectivity index (χ0n) is 16.1. The van der Waals surface area contributed by atoms with E-state index in [4.69, 9.17) is 0 Å². The van der Waals surface area contributed by atoms with Crippen LogP contribution in [0.1, 0.15) is 21.7 Å². The molecule has 4 aromatic rings. The molecule has 6 heteroatoms. The first-order valence-electron chi connectivity index (χ1n) is 9.18. The topological polar surface area (TPSA) is 59.8 Å². The molecule has 0 unspecified atom stereocenters. The van der Waals surface area contributed by atoms with Gasteiger partial charge in [-0.25, -0.2) is 14.1 Å². The number of benzene rings is 3. The highest BCUT2D eigenvalue weighted by Gasteiger charge is 2.19. The molecule has 5 nitrogen and oxygen atoms in total. The van der Waals surface area contributed by atoms with Crippen molar-refractivity contribution in [3.63, 3.8) is 0 Å². The monoisotopic (exact) mass is 386 g/mol. The highest BCUT2D eigenvalue weighted by Crippen LogP contribution is 2.23. The molecule has 0 aliphatic carbocycles. The fourth-order valence-corrected chi connectivity index (χ4v) is 2.99. The second kappa shape index (κ2) is 7.67. The van der Waals surface area contributed by atoms with Crippen LogP contribution in [0.25, 0.3) is 17.1 Å². The minimum atomic E-state index is -0.406. The molecular formula is C23H19FN4O. The van der Waals surface area contributed by atoms with Crippen LogP contribution >= 0.6 is 0 Å². The Labute approximate surface area is 167 Å². The van der Waals surface area contributed by atoms with Crippen molar-refractivity contribution in [3.05, 3.63) is 95.6 Å². The van der Waals surface area contributed by atoms with E-state index in [-0.39, 0.29) is 11.6 Å². The number of carbonyl (C=O) groups excluding carboxylic acids is 1. The molecular weight excluding hydrogens is 367 g/mol. The van der Waals surface area contributed by atoms with E-state index in [9.17, 15) is 9.18 Å². The highest BCUT2D eigenvalue weighted by atomic mass is 19.1. The van der Waals surface area contributed by atoms with E-state index < -0.39 is 5.91 Å². The lowest BCUT2D eigenvalue weighted by Gasteiger charge is -2.07.